The maximum absolute atomic E-state index is 5.71. The normalized spacial score (nSPS) is 22.6. The fraction of sp³-hybridized carbons (Fsp3) is 0.684. The first-order valence-electron chi connectivity index (χ1n) is 10.4. The Balaban J connectivity index is 1.51. The quantitative estimate of drug-likeness (QED) is 0.507. The number of aryl methyl sites for hydroxylation is 1. The largest absolute Gasteiger partial charge is 0.352 e. The Morgan fingerprint density at radius 1 is 1.28 bits per heavy atom. The van der Waals surface area contributed by atoms with Crippen LogP contribution >= 0.6 is 23.1 Å². The molecule has 2 atom stereocenters. The molecule has 2 aromatic rings. The summed E-state index contributed by atoms with van der Waals surface area (Å²) in [7, 11) is 0. The van der Waals surface area contributed by atoms with Gasteiger partial charge in [0.05, 0.1) is 12.4 Å². The smallest absolute Gasteiger partial charge is 0.249 e. The summed E-state index contributed by atoms with van der Waals surface area (Å²) >= 11 is 3.56. The Hall–Kier alpha value is -1.17. The SMILES string of the molecule is CCOC(CSc1nnc2n1-c1sc3c(c1C1NCNN21)C[C@@H](C)CC3)OCC. The summed E-state index contributed by atoms with van der Waals surface area (Å²) in [4.78, 5) is 1.53. The van der Waals surface area contributed by atoms with Crippen LogP contribution in [0, 0.1) is 5.92 Å². The molecule has 2 aliphatic heterocycles. The summed E-state index contributed by atoms with van der Waals surface area (Å²) in [5.74, 6) is 2.27. The number of fused-ring (bicyclic) bond motifs is 8. The highest BCUT2D eigenvalue weighted by Gasteiger charge is 2.42. The van der Waals surface area contributed by atoms with Gasteiger partial charge in [-0.2, -0.15) is 0 Å². The molecule has 10 heteroatoms. The van der Waals surface area contributed by atoms with Gasteiger partial charge < -0.3 is 9.47 Å². The predicted molar refractivity (Wildman–Crippen MR) is 115 cm³/mol. The van der Waals surface area contributed by atoms with Crippen LogP contribution in [0.25, 0.3) is 5.00 Å². The van der Waals surface area contributed by atoms with Crippen LogP contribution in [0.3, 0.4) is 0 Å². The van der Waals surface area contributed by atoms with E-state index in [1.54, 1.807) is 11.8 Å². The summed E-state index contributed by atoms with van der Waals surface area (Å²) < 4.78 is 13.6. The molecule has 0 aromatic carbocycles. The van der Waals surface area contributed by atoms with Crippen LogP contribution in [0.15, 0.2) is 5.16 Å². The van der Waals surface area contributed by atoms with Crippen molar-refractivity contribution in [3.8, 4) is 5.00 Å². The second kappa shape index (κ2) is 8.16. The number of hydrogen-bond acceptors (Lipinski definition) is 9. The minimum atomic E-state index is -0.234. The van der Waals surface area contributed by atoms with Gasteiger partial charge in [-0.05, 0) is 44.6 Å². The molecule has 1 saturated heterocycles. The fourth-order valence-corrected chi connectivity index (χ4v) is 6.70. The number of rotatable bonds is 7. The van der Waals surface area contributed by atoms with E-state index in [4.69, 9.17) is 9.47 Å². The maximum Gasteiger partial charge on any atom is 0.249 e. The molecule has 5 rings (SSSR count). The Morgan fingerprint density at radius 3 is 2.90 bits per heavy atom. The molecule has 2 N–H and O–H groups in total. The average molecular weight is 437 g/mol. The summed E-state index contributed by atoms with van der Waals surface area (Å²) in [5, 5.41) is 17.0. The van der Waals surface area contributed by atoms with Crippen molar-refractivity contribution in [1.82, 2.24) is 25.5 Å². The number of nitrogens with one attached hydrogen (secondary N) is 2. The van der Waals surface area contributed by atoms with E-state index in [0.29, 0.717) is 19.0 Å². The lowest BCUT2D eigenvalue weighted by Gasteiger charge is -2.31. The van der Waals surface area contributed by atoms with Crippen LogP contribution in [0.5, 0.6) is 0 Å². The molecule has 0 amide bonds. The van der Waals surface area contributed by atoms with Crippen molar-refractivity contribution in [1.29, 1.82) is 0 Å². The maximum atomic E-state index is 5.71. The van der Waals surface area contributed by atoms with Crippen LogP contribution in [0.4, 0.5) is 5.95 Å². The van der Waals surface area contributed by atoms with E-state index < -0.39 is 0 Å². The monoisotopic (exact) mass is 436 g/mol. The summed E-state index contributed by atoms with van der Waals surface area (Å²) in [6.07, 6.45) is 3.50. The molecule has 0 radical (unpaired) electrons. The van der Waals surface area contributed by atoms with Crippen molar-refractivity contribution in [3.63, 3.8) is 0 Å². The molecule has 2 aromatic heterocycles. The first-order valence-corrected chi connectivity index (χ1v) is 12.2. The highest BCUT2D eigenvalue weighted by molar-refractivity contribution is 7.99. The molecular weight excluding hydrogens is 408 g/mol. The molecule has 0 bridgehead atoms. The summed E-state index contributed by atoms with van der Waals surface area (Å²) in [5.41, 5.74) is 6.37. The minimum Gasteiger partial charge on any atom is -0.352 e. The molecule has 1 fully saturated rings. The zero-order chi connectivity index (χ0) is 20.0. The highest BCUT2D eigenvalue weighted by Crippen LogP contribution is 2.48. The Kier molecular flexibility index (Phi) is 5.57. The van der Waals surface area contributed by atoms with Gasteiger partial charge in [-0.25, -0.2) is 9.99 Å². The number of ether oxygens (including phenoxy) is 2. The number of hydrogen-bond donors (Lipinski definition) is 2. The zero-order valence-electron chi connectivity index (χ0n) is 17.1. The average Bonchev–Trinajstić information content (AvgIpc) is 3.42. The minimum absolute atomic E-state index is 0.129. The Labute approximate surface area is 179 Å². The standard InChI is InChI=1S/C19H28N6O2S2/c1-4-26-14(27-5-2)9-28-19-23-22-18-24(19)17-15(16-20-10-21-25(16)18)12-8-11(3)6-7-13(12)29-17/h11,14,16,20-21H,4-10H2,1-3H3/t11-,16?/m0/s1. The van der Waals surface area contributed by atoms with Crippen LogP contribution in [0.2, 0.25) is 0 Å². The van der Waals surface area contributed by atoms with E-state index in [1.807, 2.05) is 25.2 Å². The van der Waals surface area contributed by atoms with Crippen molar-refractivity contribution in [3.05, 3.63) is 16.0 Å². The molecule has 0 saturated carbocycles. The predicted octanol–water partition coefficient (Wildman–Crippen LogP) is 2.83. The lowest BCUT2D eigenvalue weighted by molar-refractivity contribution is -0.120. The van der Waals surface area contributed by atoms with Crippen molar-refractivity contribution >= 4 is 29.0 Å². The van der Waals surface area contributed by atoms with E-state index >= 15 is 0 Å². The van der Waals surface area contributed by atoms with E-state index in [-0.39, 0.29) is 12.5 Å². The van der Waals surface area contributed by atoms with Gasteiger partial charge in [0, 0.05) is 23.7 Å². The third-order valence-corrected chi connectivity index (χ3v) is 7.95. The molecule has 1 aliphatic carbocycles. The zero-order valence-corrected chi connectivity index (χ0v) is 18.7. The molecular formula is C19H28N6O2S2. The number of hydrazine groups is 1. The topological polar surface area (TPSA) is 76.5 Å². The molecule has 4 heterocycles. The molecule has 158 valence electrons. The van der Waals surface area contributed by atoms with Crippen LogP contribution in [-0.4, -0.2) is 46.7 Å². The number of anilines is 1. The van der Waals surface area contributed by atoms with E-state index in [9.17, 15) is 0 Å². The first-order chi connectivity index (χ1) is 14.2. The second-order valence-corrected chi connectivity index (χ2v) is 9.72. The van der Waals surface area contributed by atoms with Crippen LogP contribution in [0.1, 0.15) is 49.4 Å². The molecule has 1 unspecified atom stereocenters. The first kappa shape index (κ1) is 19.8. The summed E-state index contributed by atoms with van der Waals surface area (Å²) in [6, 6.07) is 0. The van der Waals surface area contributed by atoms with E-state index in [2.05, 4.69) is 37.4 Å². The molecule has 29 heavy (non-hydrogen) atoms. The third kappa shape index (κ3) is 3.39. The van der Waals surface area contributed by atoms with Gasteiger partial charge in [0.25, 0.3) is 0 Å². The fourth-order valence-electron chi connectivity index (χ4n) is 4.39. The Morgan fingerprint density at radius 2 is 2.10 bits per heavy atom. The van der Waals surface area contributed by atoms with Gasteiger partial charge in [0.1, 0.15) is 11.2 Å². The highest BCUT2D eigenvalue weighted by atomic mass is 32.2. The van der Waals surface area contributed by atoms with Gasteiger partial charge in [-0.1, -0.05) is 18.7 Å². The molecule has 0 spiro atoms. The van der Waals surface area contributed by atoms with E-state index in [0.717, 1.165) is 30.1 Å². The number of thiophene rings is 1. The number of thioether (sulfide) groups is 1. The number of nitrogens with zero attached hydrogens (tertiary/aromatic N) is 4. The van der Waals surface area contributed by atoms with Crippen LogP contribution < -0.4 is 15.8 Å². The van der Waals surface area contributed by atoms with Gasteiger partial charge in [-0.3, -0.25) is 10.3 Å². The van der Waals surface area contributed by atoms with Crippen molar-refractivity contribution in [2.45, 2.75) is 57.6 Å². The van der Waals surface area contributed by atoms with Gasteiger partial charge in [0.15, 0.2) is 11.4 Å². The van der Waals surface area contributed by atoms with Gasteiger partial charge >= 0.3 is 0 Å². The van der Waals surface area contributed by atoms with E-state index in [1.165, 1.54) is 33.8 Å². The third-order valence-electron chi connectivity index (χ3n) is 5.69. The second-order valence-electron chi connectivity index (χ2n) is 7.65. The molecule has 8 nitrogen and oxygen atoms in total. The van der Waals surface area contributed by atoms with Crippen molar-refractivity contribution in [2.75, 3.05) is 30.6 Å². The molecule has 3 aliphatic rings. The summed E-state index contributed by atoms with van der Waals surface area (Å²) in [6.45, 7) is 8.34. The van der Waals surface area contributed by atoms with Crippen LogP contribution in [-0.2, 0) is 22.3 Å². The lowest BCUT2D eigenvalue weighted by Crippen LogP contribution is -2.39. The van der Waals surface area contributed by atoms with Crippen molar-refractivity contribution < 1.29 is 9.47 Å². The van der Waals surface area contributed by atoms with Gasteiger partial charge in [-0.15, -0.1) is 21.5 Å². The number of aromatic nitrogens is 3. The Bertz CT molecular complexity index is 878. The van der Waals surface area contributed by atoms with Crippen molar-refractivity contribution in [2.24, 2.45) is 5.92 Å². The van der Waals surface area contributed by atoms with Gasteiger partial charge in [0.2, 0.25) is 5.95 Å². The lowest BCUT2D eigenvalue weighted by atomic mass is 9.87.